The lowest BCUT2D eigenvalue weighted by molar-refractivity contribution is 0.101. The van der Waals surface area contributed by atoms with Crippen LogP contribution in [0, 0.1) is 0 Å². The SMILES string of the molecule is CCc1cc(C(=O)Nc2ccc(N)nc2)n(CC)n1. The second-order valence-corrected chi connectivity index (χ2v) is 4.12. The lowest BCUT2D eigenvalue weighted by Gasteiger charge is -2.06. The fourth-order valence-corrected chi connectivity index (χ4v) is 1.74. The van der Waals surface area contributed by atoms with Crippen molar-refractivity contribution in [2.75, 3.05) is 11.1 Å². The number of rotatable bonds is 4. The van der Waals surface area contributed by atoms with Crippen molar-refractivity contribution in [2.24, 2.45) is 0 Å². The summed E-state index contributed by atoms with van der Waals surface area (Å²) in [5.41, 5.74) is 7.57. The zero-order chi connectivity index (χ0) is 13.8. The zero-order valence-electron chi connectivity index (χ0n) is 11.1. The number of hydrogen-bond donors (Lipinski definition) is 2. The highest BCUT2D eigenvalue weighted by Crippen LogP contribution is 2.11. The van der Waals surface area contributed by atoms with Crippen LogP contribution in [0.4, 0.5) is 11.5 Å². The predicted octanol–water partition coefficient (Wildman–Crippen LogP) is 1.69. The molecule has 0 aliphatic heterocycles. The molecule has 0 aliphatic rings. The normalized spacial score (nSPS) is 10.4. The molecule has 0 radical (unpaired) electrons. The minimum absolute atomic E-state index is 0.194. The molecule has 2 rings (SSSR count). The topological polar surface area (TPSA) is 85.8 Å². The van der Waals surface area contributed by atoms with Gasteiger partial charge in [0, 0.05) is 6.54 Å². The van der Waals surface area contributed by atoms with Crippen LogP contribution < -0.4 is 11.1 Å². The maximum atomic E-state index is 12.2. The van der Waals surface area contributed by atoms with Gasteiger partial charge in [-0.05, 0) is 31.5 Å². The molecule has 2 aromatic rings. The van der Waals surface area contributed by atoms with E-state index in [-0.39, 0.29) is 5.91 Å². The molecule has 0 unspecified atom stereocenters. The standard InChI is InChI=1S/C13H17N5O/c1-3-9-7-11(18(4-2)17-9)13(19)16-10-5-6-12(14)15-8-10/h5-8H,3-4H2,1-2H3,(H2,14,15)(H,16,19). The summed E-state index contributed by atoms with van der Waals surface area (Å²) in [5, 5.41) is 7.12. The fourth-order valence-electron chi connectivity index (χ4n) is 1.74. The number of aryl methyl sites for hydroxylation is 2. The Kier molecular flexibility index (Phi) is 3.79. The molecule has 0 atom stereocenters. The number of aromatic nitrogens is 3. The molecule has 0 spiro atoms. The number of pyridine rings is 1. The molecule has 19 heavy (non-hydrogen) atoms. The molecule has 0 saturated heterocycles. The van der Waals surface area contributed by atoms with Crippen LogP contribution in [0.1, 0.15) is 30.0 Å². The van der Waals surface area contributed by atoms with Gasteiger partial charge in [-0.25, -0.2) is 4.98 Å². The second kappa shape index (κ2) is 5.51. The molecule has 6 heteroatoms. The number of carbonyl (C=O) groups excluding carboxylic acids is 1. The Morgan fingerprint density at radius 3 is 2.79 bits per heavy atom. The molecule has 0 fully saturated rings. The number of nitrogens with zero attached hydrogens (tertiary/aromatic N) is 3. The molecule has 2 aromatic heterocycles. The van der Waals surface area contributed by atoms with Gasteiger partial charge in [-0.15, -0.1) is 0 Å². The number of hydrogen-bond acceptors (Lipinski definition) is 4. The summed E-state index contributed by atoms with van der Waals surface area (Å²) in [4.78, 5) is 16.1. The highest BCUT2D eigenvalue weighted by atomic mass is 16.2. The van der Waals surface area contributed by atoms with E-state index in [9.17, 15) is 4.79 Å². The Bertz CT molecular complexity index is 573. The summed E-state index contributed by atoms with van der Waals surface area (Å²) in [6.45, 7) is 4.62. The quantitative estimate of drug-likeness (QED) is 0.875. The number of amides is 1. The molecule has 0 aliphatic carbocycles. The van der Waals surface area contributed by atoms with Crippen LogP contribution in [0.15, 0.2) is 24.4 Å². The molecule has 0 aromatic carbocycles. The molecule has 6 nitrogen and oxygen atoms in total. The summed E-state index contributed by atoms with van der Waals surface area (Å²) in [6.07, 6.45) is 2.33. The van der Waals surface area contributed by atoms with E-state index in [0.717, 1.165) is 12.1 Å². The van der Waals surface area contributed by atoms with E-state index < -0.39 is 0 Å². The van der Waals surface area contributed by atoms with Crippen LogP contribution in [-0.4, -0.2) is 20.7 Å². The first-order valence-electron chi connectivity index (χ1n) is 6.23. The van der Waals surface area contributed by atoms with Gasteiger partial charge in [0.2, 0.25) is 0 Å². The highest BCUT2D eigenvalue weighted by Gasteiger charge is 2.14. The van der Waals surface area contributed by atoms with E-state index in [1.807, 2.05) is 19.9 Å². The Hall–Kier alpha value is -2.37. The largest absolute Gasteiger partial charge is 0.384 e. The molecule has 3 N–H and O–H groups in total. The van der Waals surface area contributed by atoms with Gasteiger partial charge in [0.05, 0.1) is 17.6 Å². The van der Waals surface area contributed by atoms with Crippen LogP contribution in [0.2, 0.25) is 0 Å². The fraction of sp³-hybridized carbons (Fsp3) is 0.308. The predicted molar refractivity (Wildman–Crippen MR) is 73.9 cm³/mol. The molecule has 1 amide bonds. The van der Waals surface area contributed by atoms with Gasteiger partial charge in [-0.2, -0.15) is 5.10 Å². The summed E-state index contributed by atoms with van der Waals surface area (Å²) >= 11 is 0. The van der Waals surface area contributed by atoms with Crippen molar-refractivity contribution in [3.63, 3.8) is 0 Å². The van der Waals surface area contributed by atoms with E-state index in [1.54, 1.807) is 16.8 Å². The highest BCUT2D eigenvalue weighted by molar-refractivity contribution is 6.03. The third kappa shape index (κ3) is 2.90. The summed E-state index contributed by atoms with van der Waals surface area (Å²) in [5.74, 6) is 0.227. The van der Waals surface area contributed by atoms with Crippen molar-refractivity contribution in [1.82, 2.24) is 14.8 Å². The average Bonchev–Trinajstić information content (AvgIpc) is 2.85. The lowest BCUT2D eigenvalue weighted by Crippen LogP contribution is -2.17. The minimum atomic E-state index is -0.194. The van der Waals surface area contributed by atoms with Crippen molar-refractivity contribution in [1.29, 1.82) is 0 Å². The van der Waals surface area contributed by atoms with Gasteiger partial charge in [0.15, 0.2) is 0 Å². The van der Waals surface area contributed by atoms with Gasteiger partial charge in [0.1, 0.15) is 11.5 Å². The van der Waals surface area contributed by atoms with Crippen molar-refractivity contribution < 1.29 is 4.79 Å². The van der Waals surface area contributed by atoms with Crippen LogP contribution in [0.25, 0.3) is 0 Å². The first kappa shape index (κ1) is 13.1. The number of carbonyl (C=O) groups is 1. The summed E-state index contributed by atoms with van der Waals surface area (Å²) < 4.78 is 1.69. The Morgan fingerprint density at radius 2 is 2.21 bits per heavy atom. The number of nitrogen functional groups attached to an aromatic ring is 1. The van der Waals surface area contributed by atoms with Crippen molar-refractivity contribution in [2.45, 2.75) is 26.8 Å². The van der Waals surface area contributed by atoms with Crippen molar-refractivity contribution >= 4 is 17.4 Å². The summed E-state index contributed by atoms with van der Waals surface area (Å²) in [6, 6.07) is 5.17. The van der Waals surface area contributed by atoms with Crippen LogP contribution in [0.5, 0.6) is 0 Å². The van der Waals surface area contributed by atoms with E-state index in [4.69, 9.17) is 5.73 Å². The maximum Gasteiger partial charge on any atom is 0.273 e. The van der Waals surface area contributed by atoms with Crippen LogP contribution in [-0.2, 0) is 13.0 Å². The number of anilines is 2. The first-order chi connectivity index (χ1) is 9.13. The molecule has 0 saturated carbocycles. The minimum Gasteiger partial charge on any atom is -0.384 e. The first-order valence-corrected chi connectivity index (χ1v) is 6.23. The van der Waals surface area contributed by atoms with E-state index >= 15 is 0 Å². The Labute approximate surface area is 111 Å². The van der Waals surface area contributed by atoms with Gasteiger partial charge in [0.25, 0.3) is 5.91 Å². The van der Waals surface area contributed by atoms with Gasteiger partial charge < -0.3 is 11.1 Å². The maximum absolute atomic E-state index is 12.2. The smallest absolute Gasteiger partial charge is 0.273 e. The van der Waals surface area contributed by atoms with E-state index in [1.165, 1.54) is 6.20 Å². The van der Waals surface area contributed by atoms with Crippen LogP contribution >= 0.6 is 0 Å². The van der Waals surface area contributed by atoms with Crippen molar-refractivity contribution in [3.05, 3.63) is 35.8 Å². The lowest BCUT2D eigenvalue weighted by atomic mass is 10.3. The van der Waals surface area contributed by atoms with Crippen molar-refractivity contribution in [3.8, 4) is 0 Å². The van der Waals surface area contributed by atoms with Gasteiger partial charge in [-0.3, -0.25) is 9.48 Å². The summed E-state index contributed by atoms with van der Waals surface area (Å²) in [7, 11) is 0. The third-order valence-corrected chi connectivity index (χ3v) is 2.77. The van der Waals surface area contributed by atoms with E-state index in [2.05, 4.69) is 15.4 Å². The third-order valence-electron chi connectivity index (χ3n) is 2.77. The average molecular weight is 259 g/mol. The Balaban J connectivity index is 2.19. The molecular weight excluding hydrogens is 242 g/mol. The molecule has 100 valence electrons. The number of nitrogens with one attached hydrogen (secondary N) is 1. The molecule has 0 bridgehead atoms. The molecular formula is C13H17N5O. The molecule has 2 heterocycles. The zero-order valence-corrected chi connectivity index (χ0v) is 11.1. The van der Waals surface area contributed by atoms with Gasteiger partial charge >= 0.3 is 0 Å². The monoisotopic (exact) mass is 259 g/mol. The van der Waals surface area contributed by atoms with Crippen LogP contribution in [0.3, 0.4) is 0 Å². The van der Waals surface area contributed by atoms with Gasteiger partial charge in [-0.1, -0.05) is 6.92 Å². The number of nitrogens with two attached hydrogens (primary N) is 1. The Morgan fingerprint density at radius 1 is 1.42 bits per heavy atom. The van der Waals surface area contributed by atoms with E-state index in [0.29, 0.717) is 23.7 Å². The second-order valence-electron chi connectivity index (χ2n) is 4.12.